The van der Waals surface area contributed by atoms with E-state index in [2.05, 4.69) is 41.5 Å². The van der Waals surface area contributed by atoms with Gasteiger partial charge in [0.2, 0.25) is 0 Å². The topological polar surface area (TPSA) is 12.0 Å². The smallest absolute Gasteiger partial charge is 0.119 e. The molecule has 0 aromatic rings. The van der Waals surface area contributed by atoms with Gasteiger partial charge in [0, 0.05) is 0 Å². The summed E-state index contributed by atoms with van der Waals surface area (Å²) in [4.78, 5) is 0. The average Bonchev–Trinajstić information content (AvgIpc) is 2.94. The van der Waals surface area contributed by atoms with Crippen LogP contribution in [0.2, 0.25) is 36.3 Å². The molecule has 1 N–H and O–H groups in total. The summed E-state index contributed by atoms with van der Waals surface area (Å²) in [5.74, 6) is 0. The highest BCUT2D eigenvalue weighted by molar-refractivity contribution is 6.93. The largest absolute Gasteiger partial charge is 0.359 e. The Kier molecular flexibility index (Phi) is 28.8. The molecular weight excluding hydrogens is 503 g/mol. The Morgan fingerprint density at radius 1 is 0.256 bits per heavy atom. The fourth-order valence-electron chi connectivity index (χ4n) is 7.03. The summed E-state index contributed by atoms with van der Waals surface area (Å²) < 4.78 is 5.02. The lowest BCUT2D eigenvalue weighted by Gasteiger charge is -2.45. The van der Waals surface area contributed by atoms with E-state index in [1.54, 1.807) is 36.3 Å². The van der Waals surface area contributed by atoms with Crippen molar-refractivity contribution in [1.82, 2.24) is 4.65 Å². The van der Waals surface area contributed by atoms with Crippen LogP contribution in [0.5, 0.6) is 0 Å². The summed E-state index contributed by atoms with van der Waals surface area (Å²) in [5, 5.41) is 0. The monoisotopic (exact) mass is 582 g/mol. The van der Waals surface area contributed by atoms with Crippen LogP contribution < -0.4 is 4.65 Å². The van der Waals surface area contributed by atoms with Gasteiger partial charge < -0.3 is 4.65 Å². The molecule has 0 aromatic heterocycles. The van der Waals surface area contributed by atoms with Crippen LogP contribution in [0, 0.1) is 0 Å². The minimum absolute atomic E-state index is 1.37. The van der Waals surface area contributed by atoms with Gasteiger partial charge in [-0.15, -0.1) is 0 Å². The molecule has 0 aliphatic carbocycles. The minimum atomic E-state index is -1.47. The van der Waals surface area contributed by atoms with Crippen molar-refractivity contribution in [1.29, 1.82) is 0 Å². The van der Waals surface area contributed by atoms with E-state index in [9.17, 15) is 0 Å². The maximum Gasteiger partial charge on any atom is 0.119 e. The zero-order valence-electron chi connectivity index (χ0n) is 28.7. The number of unbranched alkanes of at least 4 members (excludes halogenated alkanes) is 18. The van der Waals surface area contributed by atoms with Crippen molar-refractivity contribution in [2.75, 3.05) is 0 Å². The van der Waals surface area contributed by atoms with Gasteiger partial charge in [0.25, 0.3) is 0 Å². The van der Waals surface area contributed by atoms with E-state index < -0.39 is 16.5 Å². The lowest BCUT2D eigenvalue weighted by molar-refractivity contribution is 0.648. The first kappa shape index (κ1) is 39.4. The lowest BCUT2D eigenvalue weighted by atomic mass is 10.2. The van der Waals surface area contributed by atoms with E-state index in [0.717, 1.165) is 0 Å². The molecule has 0 radical (unpaired) electrons. The van der Waals surface area contributed by atoms with Gasteiger partial charge in [0.05, 0.1) is 0 Å². The molecule has 0 fully saturated rings. The summed E-state index contributed by atoms with van der Waals surface area (Å²) >= 11 is 0. The van der Waals surface area contributed by atoms with E-state index in [-0.39, 0.29) is 0 Å². The lowest BCUT2D eigenvalue weighted by Crippen LogP contribution is -2.64. The van der Waals surface area contributed by atoms with Crippen LogP contribution in [-0.2, 0) is 0 Å². The van der Waals surface area contributed by atoms with Crippen LogP contribution >= 0.6 is 0 Å². The van der Waals surface area contributed by atoms with Crippen molar-refractivity contribution in [3.8, 4) is 0 Å². The summed E-state index contributed by atoms with van der Waals surface area (Å²) in [5.41, 5.74) is 0. The van der Waals surface area contributed by atoms with Gasteiger partial charge in [-0.2, -0.15) is 0 Å². The fourth-order valence-corrected chi connectivity index (χ4v) is 21.6. The van der Waals surface area contributed by atoms with Crippen molar-refractivity contribution in [3.05, 3.63) is 0 Å². The van der Waals surface area contributed by atoms with E-state index in [4.69, 9.17) is 4.65 Å². The van der Waals surface area contributed by atoms with E-state index in [1.165, 1.54) is 154 Å². The van der Waals surface area contributed by atoms with Gasteiger partial charge in [-0.3, -0.25) is 0 Å². The van der Waals surface area contributed by atoms with Crippen LogP contribution in [0.3, 0.4) is 0 Å². The maximum absolute atomic E-state index is 5.02. The number of nitrogens with one attached hydrogen (secondary N) is 1. The third-order valence-electron chi connectivity index (χ3n) is 9.58. The van der Waals surface area contributed by atoms with Crippen molar-refractivity contribution >= 4 is 16.5 Å². The molecular formula is C36H79NSi2. The second kappa shape index (κ2) is 28.5. The predicted molar refractivity (Wildman–Crippen MR) is 188 cm³/mol. The molecule has 0 saturated heterocycles. The van der Waals surface area contributed by atoms with Crippen LogP contribution in [0.1, 0.15) is 196 Å². The molecule has 1 nitrogen and oxygen atoms in total. The number of hydrogen-bond acceptors (Lipinski definition) is 1. The summed E-state index contributed by atoms with van der Waals surface area (Å²) in [6, 6.07) is 9.58. The number of hydrogen-bond donors (Lipinski definition) is 1. The molecule has 0 atom stereocenters. The third-order valence-corrected chi connectivity index (χ3v) is 21.7. The molecule has 0 amide bonds. The van der Waals surface area contributed by atoms with Crippen molar-refractivity contribution in [3.63, 3.8) is 0 Å². The normalized spacial score (nSPS) is 12.5. The molecule has 0 aromatic carbocycles. The van der Waals surface area contributed by atoms with Gasteiger partial charge in [-0.1, -0.05) is 196 Å². The second-order valence-electron chi connectivity index (χ2n) is 13.5. The van der Waals surface area contributed by atoms with Crippen LogP contribution in [0.15, 0.2) is 0 Å². The quantitative estimate of drug-likeness (QED) is 0.0615. The van der Waals surface area contributed by atoms with Crippen LogP contribution in [0.25, 0.3) is 0 Å². The Bertz CT molecular complexity index is 376. The van der Waals surface area contributed by atoms with Gasteiger partial charge in [0.15, 0.2) is 0 Å². The van der Waals surface area contributed by atoms with Gasteiger partial charge >= 0.3 is 0 Å². The van der Waals surface area contributed by atoms with Crippen LogP contribution in [0.4, 0.5) is 0 Å². The van der Waals surface area contributed by atoms with Crippen molar-refractivity contribution < 1.29 is 0 Å². The zero-order valence-corrected chi connectivity index (χ0v) is 30.7. The first-order valence-corrected chi connectivity index (χ1v) is 24.1. The van der Waals surface area contributed by atoms with Crippen LogP contribution in [-0.4, -0.2) is 16.5 Å². The average molecular weight is 582 g/mol. The predicted octanol–water partition coefficient (Wildman–Crippen LogP) is 13.9. The molecule has 0 spiro atoms. The summed E-state index contributed by atoms with van der Waals surface area (Å²) in [7, 11) is -2.95. The molecule has 0 unspecified atom stereocenters. The molecule has 236 valence electrons. The van der Waals surface area contributed by atoms with Gasteiger partial charge in [-0.05, 0) is 36.3 Å². The Morgan fingerprint density at radius 3 is 0.590 bits per heavy atom. The molecule has 0 aliphatic heterocycles. The molecule has 0 aliphatic rings. The van der Waals surface area contributed by atoms with E-state index >= 15 is 0 Å². The standard InChI is InChI=1S/C36H79NSi2/c1-7-13-19-25-31-38(32-26-20-14-8-2,33-27-21-15-9-3)37-39(34-28-22-16-10-4,35-29-23-17-11-5)36-30-24-18-12-6/h37H,7-36H2,1-6H3. The van der Waals surface area contributed by atoms with E-state index in [0.29, 0.717) is 0 Å². The fraction of sp³-hybridized carbons (Fsp3) is 1.00. The summed E-state index contributed by atoms with van der Waals surface area (Å²) in [6.07, 6.45) is 34.9. The first-order chi connectivity index (χ1) is 19.1. The zero-order chi connectivity index (χ0) is 28.9. The first-order valence-electron chi connectivity index (χ1n) is 18.9. The SMILES string of the molecule is CCCCCC[Si](CCCCCC)(CCCCCC)N[Si](CCCCCC)(CCCCCC)CCCCCC. The highest BCUT2D eigenvalue weighted by Crippen LogP contribution is 2.35. The second-order valence-corrected chi connectivity index (χ2v) is 22.7. The van der Waals surface area contributed by atoms with Crippen molar-refractivity contribution in [2.24, 2.45) is 0 Å². The highest BCUT2D eigenvalue weighted by atomic mass is 28.4. The third kappa shape index (κ3) is 21.7. The Morgan fingerprint density at radius 2 is 0.436 bits per heavy atom. The Hall–Kier alpha value is 0.394. The minimum Gasteiger partial charge on any atom is -0.359 e. The summed E-state index contributed by atoms with van der Waals surface area (Å²) in [6.45, 7) is 14.3. The molecule has 3 heteroatoms. The maximum atomic E-state index is 5.02. The highest BCUT2D eigenvalue weighted by Gasteiger charge is 2.41. The van der Waals surface area contributed by atoms with Crippen molar-refractivity contribution in [2.45, 2.75) is 232 Å². The Balaban J connectivity index is 6.10. The molecule has 0 rings (SSSR count). The molecule has 0 bridgehead atoms. The van der Waals surface area contributed by atoms with Gasteiger partial charge in [0.1, 0.15) is 16.5 Å². The molecule has 0 heterocycles. The number of rotatable bonds is 32. The Labute approximate surface area is 252 Å². The molecule has 39 heavy (non-hydrogen) atoms. The molecule has 0 saturated carbocycles. The van der Waals surface area contributed by atoms with E-state index in [1.807, 2.05) is 0 Å². The van der Waals surface area contributed by atoms with Gasteiger partial charge in [-0.25, -0.2) is 0 Å².